The predicted molar refractivity (Wildman–Crippen MR) is 114 cm³/mol. The third kappa shape index (κ3) is 4.41. The van der Waals surface area contributed by atoms with Crippen LogP contribution in [0.3, 0.4) is 0 Å². The average Bonchev–Trinajstić information content (AvgIpc) is 3.08. The minimum absolute atomic E-state index is 0.0884. The molecule has 0 aromatic heterocycles. The third-order valence-corrected chi connectivity index (χ3v) is 8.80. The minimum Gasteiger partial charge on any atom is -0.378 e. The first-order chi connectivity index (χ1) is 14.2. The molecule has 0 aromatic rings. The molecule has 29 heavy (non-hydrogen) atoms. The lowest BCUT2D eigenvalue weighted by atomic mass is 9.71. The first-order valence-corrected chi connectivity index (χ1v) is 12.6. The van der Waals surface area contributed by atoms with Crippen molar-refractivity contribution in [3.8, 4) is 0 Å². The Kier molecular flexibility index (Phi) is 6.50. The molecule has 6 aliphatic rings. The Morgan fingerprint density at radius 2 is 1.83 bits per heavy atom. The van der Waals surface area contributed by atoms with Crippen LogP contribution in [0.5, 0.6) is 0 Å². The molecule has 4 heterocycles. The molecule has 0 amide bonds. The van der Waals surface area contributed by atoms with Crippen LogP contribution in [0.4, 0.5) is 0 Å². The molecular formula is C24H42N2O3. The first kappa shape index (κ1) is 20.7. The molecule has 2 saturated carbocycles. The Morgan fingerprint density at radius 1 is 0.966 bits per heavy atom. The highest BCUT2D eigenvalue weighted by molar-refractivity contribution is 5.07. The molecule has 1 N–H and O–H groups in total. The van der Waals surface area contributed by atoms with Crippen molar-refractivity contribution in [2.75, 3.05) is 39.5 Å². The summed E-state index contributed by atoms with van der Waals surface area (Å²) in [5.74, 6) is 1.65. The van der Waals surface area contributed by atoms with Crippen LogP contribution in [-0.2, 0) is 14.2 Å². The molecule has 166 valence electrons. The van der Waals surface area contributed by atoms with Crippen LogP contribution in [0.25, 0.3) is 0 Å². The molecule has 5 atom stereocenters. The molecule has 6 fully saturated rings. The molecule has 5 heteroatoms. The van der Waals surface area contributed by atoms with E-state index in [9.17, 15) is 0 Å². The molecule has 4 saturated heterocycles. The van der Waals surface area contributed by atoms with Gasteiger partial charge in [-0.05, 0) is 70.1 Å². The summed E-state index contributed by atoms with van der Waals surface area (Å²) in [6.07, 6.45) is 14.2. The highest BCUT2D eigenvalue weighted by atomic mass is 16.5. The van der Waals surface area contributed by atoms with Gasteiger partial charge in [0, 0.05) is 19.6 Å². The maximum absolute atomic E-state index is 6.74. The van der Waals surface area contributed by atoms with Gasteiger partial charge in [-0.25, -0.2) is 0 Å². The second-order valence-electron chi connectivity index (χ2n) is 10.5. The number of nitrogens with zero attached hydrogens (tertiary/aromatic N) is 1. The van der Waals surface area contributed by atoms with Crippen molar-refractivity contribution in [1.82, 2.24) is 10.2 Å². The zero-order chi connectivity index (χ0) is 19.7. The van der Waals surface area contributed by atoms with Crippen molar-refractivity contribution < 1.29 is 14.2 Å². The lowest BCUT2D eigenvalue weighted by Gasteiger charge is -2.44. The van der Waals surface area contributed by atoms with Gasteiger partial charge >= 0.3 is 0 Å². The normalized spacial score (nSPS) is 47.5. The molecule has 2 bridgehead atoms. The van der Waals surface area contributed by atoms with Gasteiger partial charge in [0.1, 0.15) is 0 Å². The van der Waals surface area contributed by atoms with Gasteiger partial charge in [-0.15, -0.1) is 0 Å². The second-order valence-corrected chi connectivity index (χ2v) is 10.5. The molecule has 5 nitrogen and oxygen atoms in total. The van der Waals surface area contributed by atoms with Crippen LogP contribution in [0, 0.1) is 11.8 Å². The maximum Gasteiger partial charge on any atom is 0.0665 e. The monoisotopic (exact) mass is 406 g/mol. The standard InChI is InChI=1S/C24H42N2O3/c1-18-10-13-26-14-11-24(17-27-15-12-25-24)23(26)16-28-20-8-6-19(7-9-20)21-4-2-3-5-22(21)29-18/h18-23,25H,2-17H2,1H3/t18?,19?,20?,21-,22?,23?,24?/m1/s1. The zero-order valence-electron chi connectivity index (χ0n) is 18.4. The van der Waals surface area contributed by atoms with Crippen LogP contribution in [-0.4, -0.2) is 74.2 Å². The number of morpholine rings is 1. The highest BCUT2D eigenvalue weighted by Crippen LogP contribution is 2.41. The van der Waals surface area contributed by atoms with Gasteiger partial charge in [-0.2, -0.15) is 0 Å². The molecular weight excluding hydrogens is 364 g/mol. The van der Waals surface area contributed by atoms with Gasteiger partial charge in [0.2, 0.25) is 0 Å². The van der Waals surface area contributed by atoms with Crippen molar-refractivity contribution >= 4 is 0 Å². The molecule has 4 unspecified atom stereocenters. The smallest absolute Gasteiger partial charge is 0.0665 e. The number of nitrogens with one attached hydrogen (secondary N) is 1. The van der Waals surface area contributed by atoms with Gasteiger partial charge in [0.05, 0.1) is 49.7 Å². The lowest BCUT2D eigenvalue weighted by Crippen LogP contribution is -2.63. The Hall–Kier alpha value is -0.200. The number of fused-ring (bicyclic) bond motifs is 6. The maximum atomic E-state index is 6.74. The minimum atomic E-state index is 0.0884. The summed E-state index contributed by atoms with van der Waals surface area (Å²) in [6.45, 7) is 8.08. The molecule has 2 aliphatic carbocycles. The number of ether oxygens (including phenoxy) is 3. The van der Waals surface area contributed by atoms with Crippen LogP contribution in [0.1, 0.15) is 71.1 Å². The summed E-state index contributed by atoms with van der Waals surface area (Å²) in [4.78, 5) is 2.68. The quantitative estimate of drug-likeness (QED) is 0.668. The van der Waals surface area contributed by atoms with E-state index in [1.807, 2.05) is 0 Å². The van der Waals surface area contributed by atoms with Crippen molar-refractivity contribution in [2.45, 2.75) is 101 Å². The van der Waals surface area contributed by atoms with Crippen LogP contribution in [0.15, 0.2) is 0 Å². The topological polar surface area (TPSA) is 43.0 Å². The Bertz CT molecular complexity index is 530. The van der Waals surface area contributed by atoms with E-state index in [1.165, 1.54) is 57.8 Å². The van der Waals surface area contributed by atoms with Gasteiger partial charge < -0.3 is 19.5 Å². The van der Waals surface area contributed by atoms with Gasteiger partial charge in [-0.1, -0.05) is 12.8 Å². The van der Waals surface area contributed by atoms with Gasteiger partial charge in [0.15, 0.2) is 0 Å². The Morgan fingerprint density at radius 3 is 2.66 bits per heavy atom. The SMILES string of the molecule is CC1CCN2CCC3(COCCN3)C2COC2CCC(CC2)[C@H]2CCCCC2O1. The van der Waals surface area contributed by atoms with Crippen molar-refractivity contribution in [2.24, 2.45) is 11.8 Å². The fourth-order valence-corrected chi connectivity index (χ4v) is 7.06. The Balaban J connectivity index is 1.32. The summed E-state index contributed by atoms with van der Waals surface area (Å²) >= 11 is 0. The summed E-state index contributed by atoms with van der Waals surface area (Å²) in [5.41, 5.74) is 0.0884. The van der Waals surface area contributed by atoms with Gasteiger partial charge in [-0.3, -0.25) is 4.90 Å². The number of hydrogen-bond acceptors (Lipinski definition) is 5. The van der Waals surface area contributed by atoms with Crippen molar-refractivity contribution in [3.63, 3.8) is 0 Å². The van der Waals surface area contributed by atoms with Crippen LogP contribution < -0.4 is 5.32 Å². The molecule has 1 spiro atoms. The van der Waals surface area contributed by atoms with Crippen molar-refractivity contribution in [3.05, 3.63) is 0 Å². The zero-order valence-corrected chi connectivity index (χ0v) is 18.4. The molecule has 0 aromatic carbocycles. The fourth-order valence-electron chi connectivity index (χ4n) is 7.06. The van der Waals surface area contributed by atoms with E-state index < -0.39 is 0 Å². The lowest BCUT2D eigenvalue weighted by molar-refractivity contribution is -0.0948. The van der Waals surface area contributed by atoms with E-state index in [1.54, 1.807) is 0 Å². The second kappa shape index (κ2) is 9.12. The highest BCUT2D eigenvalue weighted by Gasteiger charge is 2.49. The summed E-state index contributed by atoms with van der Waals surface area (Å²) < 4.78 is 19.3. The first-order valence-electron chi connectivity index (χ1n) is 12.6. The summed E-state index contributed by atoms with van der Waals surface area (Å²) in [7, 11) is 0. The molecule has 4 aliphatic heterocycles. The number of hydrogen-bond donors (Lipinski definition) is 1. The average molecular weight is 407 g/mol. The van der Waals surface area contributed by atoms with E-state index in [4.69, 9.17) is 14.2 Å². The van der Waals surface area contributed by atoms with E-state index >= 15 is 0 Å². The van der Waals surface area contributed by atoms with Crippen LogP contribution >= 0.6 is 0 Å². The van der Waals surface area contributed by atoms with E-state index in [2.05, 4.69) is 17.1 Å². The van der Waals surface area contributed by atoms with E-state index in [-0.39, 0.29) is 5.54 Å². The van der Waals surface area contributed by atoms with E-state index in [0.717, 1.165) is 57.7 Å². The number of rotatable bonds is 0. The fraction of sp³-hybridized carbons (Fsp3) is 1.00. The van der Waals surface area contributed by atoms with Gasteiger partial charge in [0.25, 0.3) is 0 Å². The summed E-state index contributed by atoms with van der Waals surface area (Å²) in [5, 5.41) is 3.84. The molecule has 0 radical (unpaired) electrons. The molecule has 6 rings (SSSR count). The largest absolute Gasteiger partial charge is 0.378 e. The van der Waals surface area contributed by atoms with Crippen LogP contribution in [0.2, 0.25) is 0 Å². The van der Waals surface area contributed by atoms with Crippen molar-refractivity contribution in [1.29, 1.82) is 0 Å². The third-order valence-electron chi connectivity index (χ3n) is 8.80. The Labute approximate surface area is 177 Å². The summed E-state index contributed by atoms with van der Waals surface area (Å²) in [6, 6.07) is 0.429. The van der Waals surface area contributed by atoms with E-state index in [0.29, 0.717) is 24.4 Å². The predicted octanol–water partition coefficient (Wildman–Crippen LogP) is 3.36.